The van der Waals surface area contributed by atoms with E-state index in [1.54, 1.807) is 6.07 Å². The molecule has 158 valence electrons. The number of aromatic nitrogens is 2. The molecule has 0 bridgehead atoms. The zero-order valence-electron chi connectivity index (χ0n) is 16.6. The second-order valence-electron chi connectivity index (χ2n) is 7.03. The molecule has 0 aliphatic heterocycles. The number of hydrogen-bond acceptors (Lipinski definition) is 5. The molecular formula is C21H20F3N3O3. The Kier molecular flexibility index (Phi) is 6.09. The summed E-state index contributed by atoms with van der Waals surface area (Å²) in [4.78, 5) is 16.9. The Labute approximate surface area is 171 Å². The molecule has 0 radical (unpaired) electrons. The lowest BCUT2D eigenvalue weighted by molar-refractivity contribution is -0.274. The van der Waals surface area contributed by atoms with Gasteiger partial charge in [-0.2, -0.15) is 4.98 Å². The van der Waals surface area contributed by atoms with Crippen LogP contribution in [-0.2, 0) is 11.2 Å². The second-order valence-corrected chi connectivity index (χ2v) is 7.03. The largest absolute Gasteiger partial charge is 0.573 e. The molecule has 0 unspecified atom stereocenters. The highest BCUT2D eigenvalue weighted by molar-refractivity contribution is 5.96. The number of alkyl halides is 3. The van der Waals surface area contributed by atoms with Gasteiger partial charge in [0.25, 0.3) is 5.89 Å². The summed E-state index contributed by atoms with van der Waals surface area (Å²) in [5.74, 6) is 0.273. The van der Waals surface area contributed by atoms with Gasteiger partial charge in [0.1, 0.15) is 5.75 Å². The van der Waals surface area contributed by atoms with Gasteiger partial charge in [-0.1, -0.05) is 43.3 Å². The van der Waals surface area contributed by atoms with Crippen LogP contribution in [0.25, 0.3) is 11.5 Å². The average Bonchev–Trinajstić information content (AvgIpc) is 3.14. The van der Waals surface area contributed by atoms with Crippen LogP contribution in [0.15, 0.2) is 47.0 Å². The molecule has 0 saturated carbocycles. The maximum atomic E-state index is 12.6. The Balaban J connectivity index is 1.75. The van der Waals surface area contributed by atoms with Crippen LogP contribution in [0.5, 0.6) is 5.75 Å². The third-order valence-corrected chi connectivity index (χ3v) is 4.25. The molecule has 3 aromatic rings. The lowest BCUT2D eigenvalue weighted by Crippen LogP contribution is -2.17. The number of nitrogens with zero attached hydrogens (tertiary/aromatic N) is 2. The van der Waals surface area contributed by atoms with Crippen molar-refractivity contribution in [1.82, 2.24) is 10.1 Å². The van der Waals surface area contributed by atoms with E-state index in [0.29, 0.717) is 28.5 Å². The number of rotatable bonds is 6. The van der Waals surface area contributed by atoms with Crippen molar-refractivity contribution < 1.29 is 27.2 Å². The number of nitrogens with one attached hydrogen (secondary N) is 1. The third-order valence-electron chi connectivity index (χ3n) is 4.25. The number of anilines is 1. The van der Waals surface area contributed by atoms with Crippen LogP contribution in [-0.4, -0.2) is 22.4 Å². The van der Waals surface area contributed by atoms with E-state index in [0.717, 1.165) is 5.56 Å². The van der Waals surface area contributed by atoms with Crippen LogP contribution in [0.3, 0.4) is 0 Å². The Morgan fingerprint density at radius 3 is 2.47 bits per heavy atom. The fourth-order valence-electron chi connectivity index (χ4n) is 2.77. The molecule has 0 aliphatic carbocycles. The summed E-state index contributed by atoms with van der Waals surface area (Å²) in [6, 6.07) is 10.6. The zero-order valence-corrected chi connectivity index (χ0v) is 16.6. The predicted molar refractivity (Wildman–Crippen MR) is 104 cm³/mol. The lowest BCUT2D eigenvalue weighted by atomic mass is 10.1. The first-order valence-electron chi connectivity index (χ1n) is 9.20. The van der Waals surface area contributed by atoms with Gasteiger partial charge in [-0.3, -0.25) is 4.79 Å². The first kappa shape index (κ1) is 21.4. The minimum atomic E-state index is -4.76. The number of benzene rings is 2. The third kappa shape index (κ3) is 5.37. The monoisotopic (exact) mass is 419 g/mol. The number of halogens is 3. The molecule has 3 rings (SSSR count). The first-order valence-corrected chi connectivity index (χ1v) is 9.20. The van der Waals surface area contributed by atoms with Gasteiger partial charge < -0.3 is 14.6 Å². The smallest absolute Gasteiger partial charge is 0.406 e. The molecule has 1 amide bonds. The van der Waals surface area contributed by atoms with E-state index >= 15 is 0 Å². The summed E-state index contributed by atoms with van der Waals surface area (Å²) in [7, 11) is 0. The first-order chi connectivity index (χ1) is 14.1. The molecule has 0 saturated heterocycles. The van der Waals surface area contributed by atoms with Gasteiger partial charge in [-0.05, 0) is 36.2 Å². The molecule has 1 N–H and O–H groups in total. The van der Waals surface area contributed by atoms with Crippen molar-refractivity contribution in [3.8, 4) is 17.2 Å². The second kappa shape index (κ2) is 8.56. The van der Waals surface area contributed by atoms with Crippen LogP contribution in [0.2, 0.25) is 0 Å². The van der Waals surface area contributed by atoms with Gasteiger partial charge in [0.2, 0.25) is 5.91 Å². The number of hydrogen-bond donors (Lipinski definition) is 1. The van der Waals surface area contributed by atoms with Crippen LogP contribution in [0.1, 0.15) is 36.7 Å². The van der Waals surface area contributed by atoms with Crippen molar-refractivity contribution >= 4 is 11.6 Å². The highest BCUT2D eigenvalue weighted by atomic mass is 19.4. The summed E-state index contributed by atoms with van der Waals surface area (Å²) < 4.78 is 45.9. The Morgan fingerprint density at radius 2 is 1.87 bits per heavy atom. The number of para-hydroxylation sites is 1. The Bertz CT molecular complexity index is 1030. The van der Waals surface area contributed by atoms with Crippen LogP contribution >= 0.6 is 0 Å². The maximum Gasteiger partial charge on any atom is 0.573 e. The molecule has 0 aliphatic rings. The van der Waals surface area contributed by atoms with Crippen LogP contribution < -0.4 is 10.1 Å². The van der Waals surface area contributed by atoms with Crippen molar-refractivity contribution in [3.05, 3.63) is 59.4 Å². The van der Waals surface area contributed by atoms with E-state index in [4.69, 9.17) is 4.52 Å². The molecule has 30 heavy (non-hydrogen) atoms. The molecule has 0 atom stereocenters. The summed E-state index contributed by atoms with van der Waals surface area (Å²) in [6.45, 7) is 5.72. The van der Waals surface area contributed by atoms with Gasteiger partial charge in [-0.25, -0.2) is 0 Å². The SMILES string of the molecule is Cc1cccc(-c2nc(C(C)C)no2)c1NC(=O)Cc1ccc(OC(F)(F)F)cc1. The molecule has 9 heteroatoms. The number of amides is 1. The van der Waals surface area contributed by atoms with E-state index in [1.165, 1.54) is 24.3 Å². The van der Waals surface area contributed by atoms with Gasteiger partial charge >= 0.3 is 6.36 Å². The standard InChI is InChI=1S/C21H20F3N3O3/c1-12(2)19-26-20(30-27-19)16-6-4-5-13(3)18(16)25-17(28)11-14-7-9-15(10-8-14)29-21(22,23)24/h4-10,12H,11H2,1-3H3,(H,25,28). The molecule has 1 aromatic heterocycles. The van der Waals surface area contributed by atoms with Gasteiger partial charge in [0, 0.05) is 5.92 Å². The highest BCUT2D eigenvalue weighted by Crippen LogP contribution is 2.31. The number of aryl methyl sites for hydroxylation is 1. The van der Waals surface area contributed by atoms with Crippen molar-refractivity contribution in [2.24, 2.45) is 0 Å². The summed E-state index contributed by atoms with van der Waals surface area (Å²) in [5.41, 5.74) is 2.48. The number of carbonyl (C=O) groups is 1. The molecule has 0 spiro atoms. The van der Waals surface area contributed by atoms with Gasteiger partial charge in [-0.15, -0.1) is 13.2 Å². The van der Waals surface area contributed by atoms with Crippen LogP contribution in [0, 0.1) is 6.92 Å². The fraction of sp³-hybridized carbons (Fsp3) is 0.286. The Morgan fingerprint density at radius 1 is 1.17 bits per heavy atom. The van der Waals surface area contributed by atoms with Gasteiger partial charge in [0.05, 0.1) is 17.7 Å². The number of carbonyl (C=O) groups excluding carboxylic acids is 1. The van der Waals surface area contributed by atoms with E-state index in [9.17, 15) is 18.0 Å². The topological polar surface area (TPSA) is 77.3 Å². The summed E-state index contributed by atoms with van der Waals surface area (Å²) >= 11 is 0. The predicted octanol–water partition coefficient (Wildman–Crippen LogP) is 5.25. The molecule has 1 heterocycles. The average molecular weight is 419 g/mol. The molecular weight excluding hydrogens is 399 g/mol. The minimum Gasteiger partial charge on any atom is -0.406 e. The normalized spacial score (nSPS) is 11.6. The van der Waals surface area contributed by atoms with E-state index in [1.807, 2.05) is 32.9 Å². The molecule has 0 fully saturated rings. The molecule has 2 aromatic carbocycles. The number of ether oxygens (including phenoxy) is 1. The summed E-state index contributed by atoms with van der Waals surface area (Å²) in [5, 5.41) is 6.79. The van der Waals surface area contributed by atoms with Crippen molar-refractivity contribution in [1.29, 1.82) is 0 Å². The van der Waals surface area contributed by atoms with E-state index in [-0.39, 0.29) is 24.0 Å². The van der Waals surface area contributed by atoms with Crippen molar-refractivity contribution in [3.63, 3.8) is 0 Å². The quantitative estimate of drug-likeness (QED) is 0.591. The minimum absolute atomic E-state index is 0.0266. The fourth-order valence-corrected chi connectivity index (χ4v) is 2.77. The molecule has 6 nitrogen and oxygen atoms in total. The van der Waals surface area contributed by atoms with Crippen LogP contribution in [0.4, 0.5) is 18.9 Å². The van der Waals surface area contributed by atoms with Crippen molar-refractivity contribution in [2.45, 2.75) is 39.5 Å². The van der Waals surface area contributed by atoms with E-state index in [2.05, 4.69) is 20.2 Å². The van der Waals surface area contributed by atoms with Gasteiger partial charge in [0.15, 0.2) is 5.82 Å². The summed E-state index contributed by atoms with van der Waals surface area (Å²) in [6.07, 6.45) is -4.79. The lowest BCUT2D eigenvalue weighted by Gasteiger charge is -2.12. The van der Waals surface area contributed by atoms with E-state index < -0.39 is 6.36 Å². The maximum absolute atomic E-state index is 12.6. The Hall–Kier alpha value is -3.36. The van der Waals surface area contributed by atoms with Crippen molar-refractivity contribution in [2.75, 3.05) is 5.32 Å². The highest BCUT2D eigenvalue weighted by Gasteiger charge is 2.31. The zero-order chi connectivity index (χ0) is 21.9.